The Morgan fingerprint density at radius 3 is 2.88 bits per heavy atom. The number of hydrogen-bond donors (Lipinski definition) is 2. The Balaban J connectivity index is 2.34. The number of hydrogen-bond acceptors (Lipinski definition) is 3. The van der Waals surface area contributed by atoms with Crippen LogP contribution in [0.4, 0.5) is 5.69 Å². The largest absolute Gasteiger partial charge is 0.399 e. The summed E-state index contributed by atoms with van der Waals surface area (Å²) in [6.45, 7) is 4.18. The van der Waals surface area contributed by atoms with Gasteiger partial charge in [0.05, 0.1) is 0 Å². The minimum atomic E-state index is 0.104. The number of anilines is 1. The predicted molar refractivity (Wildman–Crippen MR) is 70.5 cm³/mol. The summed E-state index contributed by atoms with van der Waals surface area (Å²) < 4.78 is 0. The van der Waals surface area contributed by atoms with Crippen LogP contribution in [0.1, 0.15) is 18.9 Å². The molecule has 0 aromatic heterocycles. The maximum atomic E-state index is 11.3. The molecule has 1 amide bonds. The van der Waals surface area contributed by atoms with Crippen molar-refractivity contribution < 1.29 is 4.79 Å². The molecule has 1 aromatic carbocycles. The number of amides is 1. The van der Waals surface area contributed by atoms with E-state index in [4.69, 9.17) is 5.73 Å². The van der Waals surface area contributed by atoms with E-state index in [0.29, 0.717) is 13.0 Å². The van der Waals surface area contributed by atoms with E-state index in [2.05, 4.69) is 10.2 Å². The molecule has 0 fully saturated rings. The smallest absolute Gasteiger partial charge is 0.221 e. The van der Waals surface area contributed by atoms with Crippen LogP contribution in [0.2, 0.25) is 0 Å². The maximum Gasteiger partial charge on any atom is 0.221 e. The highest BCUT2D eigenvalue weighted by molar-refractivity contribution is 5.75. The molecule has 4 heteroatoms. The minimum absolute atomic E-state index is 0.104. The summed E-state index contributed by atoms with van der Waals surface area (Å²) >= 11 is 0. The van der Waals surface area contributed by atoms with Crippen LogP contribution in [0, 0.1) is 0 Å². The van der Waals surface area contributed by atoms with Crippen molar-refractivity contribution in [2.45, 2.75) is 19.9 Å². The summed E-state index contributed by atoms with van der Waals surface area (Å²) in [5, 5.41) is 2.79. The SMILES string of the molecule is CCNC(=O)CCN(C)Cc1cccc(N)c1. The van der Waals surface area contributed by atoms with Gasteiger partial charge < -0.3 is 16.0 Å². The van der Waals surface area contributed by atoms with Gasteiger partial charge in [-0.3, -0.25) is 4.79 Å². The van der Waals surface area contributed by atoms with Crippen LogP contribution >= 0.6 is 0 Å². The van der Waals surface area contributed by atoms with Gasteiger partial charge in [0.1, 0.15) is 0 Å². The highest BCUT2D eigenvalue weighted by Gasteiger charge is 2.04. The molecular formula is C13H21N3O. The standard InChI is InChI=1S/C13H21N3O/c1-3-15-13(17)7-8-16(2)10-11-5-4-6-12(14)9-11/h4-6,9H,3,7-8,10,14H2,1-2H3,(H,15,17). The van der Waals surface area contributed by atoms with Gasteiger partial charge in [-0.2, -0.15) is 0 Å². The lowest BCUT2D eigenvalue weighted by Gasteiger charge is -2.16. The number of nitrogens with two attached hydrogens (primary N) is 1. The molecule has 0 saturated heterocycles. The molecule has 4 nitrogen and oxygen atoms in total. The van der Waals surface area contributed by atoms with Crippen LogP contribution < -0.4 is 11.1 Å². The third kappa shape index (κ3) is 5.36. The molecule has 1 aromatic rings. The molecule has 0 atom stereocenters. The Bertz CT molecular complexity index is 365. The van der Waals surface area contributed by atoms with E-state index in [1.54, 1.807) is 0 Å². The molecule has 1 rings (SSSR count). The van der Waals surface area contributed by atoms with Crippen molar-refractivity contribution in [2.24, 2.45) is 0 Å². The average Bonchev–Trinajstić information content (AvgIpc) is 2.27. The predicted octanol–water partition coefficient (Wildman–Crippen LogP) is 1.23. The Labute approximate surface area is 103 Å². The summed E-state index contributed by atoms with van der Waals surface area (Å²) in [7, 11) is 2.00. The molecule has 0 aliphatic rings. The average molecular weight is 235 g/mol. The third-order valence-electron chi connectivity index (χ3n) is 2.50. The van der Waals surface area contributed by atoms with Crippen LogP contribution in [0.15, 0.2) is 24.3 Å². The monoisotopic (exact) mass is 235 g/mol. The molecule has 94 valence electrons. The van der Waals surface area contributed by atoms with Gasteiger partial charge in [-0.15, -0.1) is 0 Å². The van der Waals surface area contributed by atoms with Crippen molar-refractivity contribution in [1.29, 1.82) is 0 Å². The molecular weight excluding hydrogens is 214 g/mol. The molecule has 0 unspecified atom stereocenters. The van der Waals surface area contributed by atoms with E-state index < -0.39 is 0 Å². The summed E-state index contributed by atoms with van der Waals surface area (Å²) in [4.78, 5) is 13.4. The minimum Gasteiger partial charge on any atom is -0.399 e. The summed E-state index contributed by atoms with van der Waals surface area (Å²) in [5.74, 6) is 0.104. The Hall–Kier alpha value is -1.55. The van der Waals surface area contributed by atoms with E-state index in [1.165, 1.54) is 5.56 Å². The molecule has 0 bridgehead atoms. The van der Waals surface area contributed by atoms with E-state index in [-0.39, 0.29) is 5.91 Å². The number of nitrogens with one attached hydrogen (secondary N) is 1. The molecule has 3 N–H and O–H groups in total. The van der Waals surface area contributed by atoms with Crippen molar-refractivity contribution in [2.75, 3.05) is 25.9 Å². The van der Waals surface area contributed by atoms with Gasteiger partial charge in [0, 0.05) is 31.7 Å². The lowest BCUT2D eigenvalue weighted by atomic mass is 10.2. The molecule has 17 heavy (non-hydrogen) atoms. The van der Waals surface area contributed by atoms with Crippen molar-refractivity contribution in [1.82, 2.24) is 10.2 Å². The second kappa shape index (κ2) is 6.91. The van der Waals surface area contributed by atoms with Gasteiger partial charge in [0.25, 0.3) is 0 Å². The molecule has 0 aliphatic carbocycles. The van der Waals surface area contributed by atoms with Gasteiger partial charge >= 0.3 is 0 Å². The second-order valence-corrected chi connectivity index (χ2v) is 4.19. The van der Waals surface area contributed by atoms with Crippen LogP contribution in [-0.2, 0) is 11.3 Å². The summed E-state index contributed by atoms with van der Waals surface area (Å²) in [6, 6.07) is 7.82. The lowest BCUT2D eigenvalue weighted by molar-refractivity contribution is -0.121. The molecule has 0 spiro atoms. The van der Waals surface area contributed by atoms with Gasteiger partial charge in [-0.1, -0.05) is 12.1 Å². The zero-order valence-electron chi connectivity index (χ0n) is 10.6. The second-order valence-electron chi connectivity index (χ2n) is 4.19. The van der Waals surface area contributed by atoms with Crippen molar-refractivity contribution in [3.63, 3.8) is 0 Å². The van der Waals surface area contributed by atoms with Crippen LogP contribution in [0.5, 0.6) is 0 Å². The quantitative estimate of drug-likeness (QED) is 0.729. The number of benzene rings is 1. The van der Waals surface area contributed by atoms with Crippen LogP contribution in [0.3, 0.4) is 0 Å². The lowest BCUT2D eigenvalue weighted by Crippen LogP contribution is -2.28. The zero-order valence-corrected chi connectivity index (χ0v) is 10.6. The molecule has 0 aliphatic heterocycles. The van der Waals surface area contributed by atoms with Gasteiger partial charge in [0.2, 0.25) is 5.91 Å². The fourth-order valence-corrected chi connectivity index (χ4v) is 1.66. The normalized spacial score (nSPS) is 10.5. The fraction of sp³-hybridized carbons (Fsp3) is 0.462. The first-order chi connectivity index (χ1) is 8.11. The maximum absolute atomic E-state index is 11.3. The molecule has 0 radical (unpaired) electrons. The number of nitrogens with zero attached hydrogens (tertiary/aromatic N) is 1. The van der Waals surface area contributed by atoms with E-state index >= 15 is 0 Å². The summed E-state index contributed by atoms with van der Waals surface area (Å²) in [6.07, 6.45) is 0.534. The van der Waals surface area contributed by atoms with Crippen LogP contribution in [-0.4, -0.2) is 30.9 Å². The van der Waals surface area contributed by atoms with Gasteiger partial charge in [-0.05, 0) is 31.7 Å². The van der Waals surface area contributed by atoms with E-state index in [9.17, 15) is 4.79 Å². The molecule has 0 saturated carbocycles. The first-order valence-electron chi connectivity index (χ1n) is 5.91. The number of rotatable bonds is 6. The number of carbonyl (C=O) groups is 1. The first-order valence-corrected chi connectivity index (χ1v) is 5.91. The molecule has 0 heterocycles. The third-order valence-corrected chi connectivity index (χ3v) is 2.50. The zero-order chi connectivity index (χ0) is 12.7. The van der Waals surface area contributed by atoms with Crippen molar-refractivity contribution in [3.05, 3.63) is 29.8 Å². The highest BCUT2D eigenvalue weighted by Crippen LogP contribution is 2.08. The van der Waals surface area contributed by atoms with E-state index in [1.807, 2.05) is 38.2 Å². The van der Waals surface area contributed by atoms with Gasteiger partial charge in [0.15, 0.2) is 0 Å². The topological polar surface area (TPSA) is 58.4 Å². The Morgan fingerprint density at radius 2 is 2.24 bits per heavy atom. The Kier molecular flexibility index (Phi) is 5.49. The van der Waals surface area contributed by atoms with Crippen molar-refractivity contribution in [3.8, 4) is 0 Å². The highest BCUT2D eigenvalue weighted by atomic mass is 16.1. The Morgan fingerprint density at radius 1 is 1.47 bits per heavy atom. The van der Waals surface area contributed by atoms with E-state index in [0.717, 1.165) is 18.8 Å². The summed E-state index contributed by atoms with van der Waals surface area (Å²) in [5.41, 5.74) is 7.66. The first kappa shape index (κ1) is 13.5. The van der Waals surface area contributed by atoms with Gasteiger partial charge in [-0.25, -0.2) is 0 Å². The number of carbonyl (C=O) groups excluding carboxylic acids is 1. The number of nitrogen functional groups attached to an aromatic ring is 1. The van der Waals surface area contributed by atoms with Crippen LogP contribution in [0.25, 0.3) is 0 Å². The fourth-order valence-electron chi connectivity index (χ4n) is 1.66. The van der Waals surface area contributed by atoms with Crippen molar-refractivity contribution >= 4 is 11.6 Å².